The number of hydrogen-bond acceptors (Lipinski definition) is 4. The van der Waals surface area contributed by atoms with Crippen LogP contribution < -0.4 is 5.32 Å². The Labute approximate surface area is 107 Å². The lowest BCUT2D eigenvalue weighted by molar-refractivity contribution is -0.139. The van der Waals surface area contributed by atoms with Crippen molar-refractivity contribution in [2.75, 3.05) is 46.9 Å². The summed E-state index contributed by atoms with van der Waals surface area (Å²) in [6, 6.07) is -0.157. The molecule has 7 nitrogen and oxygen atoms in total. The standard InChI is InChI=1S/C11H21N3O4/c1-13-3-5-14(6-4-13)11(17)12-8-9(18-2)7-10(15)16/h9H,3-8H2,1-2H3,(H,12,17)(H,15,16). The van der Waals surface area contributed by atoms with Gasteiger partial charge >= 0.3 is 12.0 Å². The summed E-state index contributed by atoms with van der Waals surface area (Å²) >= 11 is 0. The molecule has 0 spiro atoms. The largest absolute Gasteiger partial charge is 0.481 e. The van der Waals surface area contributed by atoms with Crippen LogP contribution in [0.2, 0.25) is 0 Å². The van der Waals surface area contributed by atoms with Gasteiger partial charge in [0.1, 0.15) is 0 Å². The minimum atomic E-state index is -0.935. The summed E-state index contributed by atoms with van der Waals surface area (Å²) < 4.78 is 4.99. The number of carboxylic acids is 1. The molecule has 1 heterocycles. The zero-order valence-electron chi connectivity index (χ0n) is 10.9. The van der Waals surface area contributed by atoms with E-state index in [-0.39, 0.29) is 19.0 Å². The van der Waals surface area contributed by atoms with Gasteiger partial charge in [-0.25, -0.2) is 4.79 Å². The number of hydrogen-bond donors (Lipinski definition) is 2. The predicted molar refractivity (Wildman–Crippen MR) is 65.5 cm³/mol. The maximum atomic E-state index is 11.8. The van der Waals surface area contributed by atoms with E-state index >= 15 is 0 Å². The number of aliphatic carboxylic acids is 1. The zero-order valence-corrected chi connectivity index (χ0v) is 10.9. The number of nitrogens with zero attached hydrogens (tertiary/aromatic N) is 2. The first kappa shape index (κ1) is 14.7. The Morgan fingerprint density at radius 1 is 1.33 bits per heavy atom. The van der Waals surface area contributed by atoms with Gasteiger partial charge in [-0.15, -0.1) is 0 Å². The topological polar surface area (TPSA) is 82.1 Å². The van der Waals surface area contributed by atoms with E-state index < -0.39 is 12.1 Å². The summed E-state index contributed by atoms with van der Waals surface area (Å²) in [6.07, 6.45) is -0.599. The van der Waals surface area contributed by atoms with E-state index in [0.717, 1.165) is 13.1 Å². The number of carboxylic acid groups (broad SMARTS) is 1. The van der Waals surface area contributed by atoms with E-state index in [4.69, 9.17) is 9.84 Å². The fourth-order valence-electron chi connectivity index (χ4n) is 1.76. The predicted octanol–water partition coefficient (Wildman–Crippen LogP) is -0.567. The van der Waals surface area contributed by atoms with Crippen LogP contribution in [-0.2, 0) is 9.53 Å². The number of likely N-dealkylation sites (N-methyl/N-ethyl adjacent to an activating group) is 1. The molecule has 1 saturated heterocycles. The summed E-state index contributed by atoms with van der Waals surface area (Å²) in [5, 5.41) is 11.4. The third-order valence-corrected chi connectivity index (χ3v) is 3.01. The molecule has 1 atom stereocenters. The minimum Gasteiger partial charge on any atom is -0.481 e. The molecule has 0 aromatic rings. The molecule has 1 rings (SSSR count). The molecule has 104 valence electrons. The Kier molecular flexibility index (Phi) is 5.87. The van der Waals surface area contributed by atoms with Crippen LogP contribution in [0.5, 0.6) is 0 Å². The zero-order chi connectivity index (χ0) is 13.5. The summed E-state index contributed by atoms with van der Waals surface area (Å²) in [5.41, 5.74) is 0. The summed E-state index contributed by atoms with van der Waals surface area (Å²) in [7, 11) is 3.46. The van der Waals surface area contributed by atoms with Crippen molar-refractivity contribution in [1.29, 1.82) is 0 Å². The van der Waals surface area contributed by atoms with Gasteiger partial charge in [-0.2, -0.15) is 0 Å². The highest BCUT2D eigenvalue weighted by Gasteiger charge is 2.20. The molecule has 0 radical (unpaired) electrons. The molecule has 0 aromatic heterocycles. The lowest BCUT2D eigenvalue weighted by Crippen LogP contribution is -2.51. The highest BCUT2D eigenvalue weighted by atomic mass is 16.5. The van der Waals surface area contributed by atoms with Crippen molar-refractivity contribution >= 4 is 12.0 Å². The van der Waals surface area contributed by atoms with Crippen molar-refractivity contribution < 1.29 is 19.4 Å². The van der Waals surface area contributed by atoms with Gasteiger partial charge in [0.15, 0.2) is 0 Å². The molecule has 0 saturated carbocycles. The van der Waals surface area contributed by atoms with Crippen molar-refractivity contribution in [3.8, 4) is 0 Å². The molecular weight excluding hydrogens is 238 g/mol. The third kappa shape index (κ3) is 4.89. The Morgan fingerprint density at radius 3 is 2.44 bits per heavy atom. The Hall–Kier alpha value is -1.34. The van der Waals surface area contributed by atoms with Crippen LogP contribution in [0.3, 0.4) is 0 Å². The quantitative estimate of drug-likeness (QED) is 0.691. The Bertz CT molecular complexity index is 290. The average Bonchev–Trinajstić information content (AvgIpc) is 2.34. The molecule has 1 aliphatic rings. The third-order valence-electron chi connectivity index (χ3n) is 3.01. The molecule has 0 aliphatic carbocycles. The Morgan fingerprint density at radius 2 is 1.94 bits per heavy atom. The van der Waals surface area contributed by atoms with Crippen molar-refractivity contribution in [2.24, 2.45) is 0 Å². The molecule has 0 aromatic carbocycles. The number of ether oxygens (including phenoxy) is 1. The van der Waals surface area contributed by atoms with Gasteiger partial charge in [0, 0.05) is 39.8 Å². The van der Waals surface area contributed by atoms with Crippen LogP contribution in [0, 0.1) is 0 Å². The fraction of sp³-hybridized carbons (Fsp3) is 0.818. The number of nitrogens with one attached hydrogen (secondary N) is 1. The van der Waals surface area contributed by atoms with E-state index in [1.165, 1.54) is 7.11 Å². The Balaban J connectivity index is 2.29. The maximum Gasteiger partial charge on any atom is 0.317 e. The summed E-state index contributed by atoms with van der Waals surface area (Å²) in [6.45, 7) is 3.32. The maximum absolute atomic E-state index is 11.8. The summed E-state index contributed by atoms with van der Waals surface area (Å²) in [5.74, 6) is -0.935. The molecule has 2 N–H and O–H groups in total. The lowest BCUT2D eigenvalue weighted by atomic mass is 10.2. The summed E-state index contributed by atoms with van der Waals surface area (Å²) in [4.78, 5) is 26.2. The fourth-order valence-corrected chi connectivity index (χ4v) is 1.76. The second-order valence-electron chi connectivity index (χ2n) is 4.43. The van der Waals surface area contributed by atoms with Gasteiger partial charge in [-0.1, -0.05) is 0 Å². The van der Waals surface area contributed by atoms with Crippen LogP contribution >= 0.6 is 0 Å². The molecule has 0 bridgehead atoms. The van der Waals surface area contributed by atoms with Gasteiger partial charge in [0.25, 0.3) is 0 Å². The first-order valence-corrected chi connectivity index (χ1v) is 5.99. The normalized spacial score (nSPS) is 18.4. The molecular formula is C11H21N3O4. The van der Waals surface area contributed by atoms with Gasteiger partial charge < -0.3 is 25.0 Å². The van der Waals surface area contributed by atoms with E-state index in [0.29, 0.717) is 13.1 Å². The molecule has 18 heavy (non-hydrogen) atoms. The lowest BCUT2D eigenvalue weighted by Gasteiger charge is -2.32. The number of urea groups is 1. The number of piperazine rings is 1. The number of rotatable bonds is 5. The molecule has 2 amide bonds. The monoisotopic (exact) mass is 259 g/mol. The van der Waals surface area contributed by atoms with Crippen molar-refractivity contribution in [1.82, 2.24) is 15.1 Å². The van der Waals surface area contributed by atoms with Crippen LogP contribution in [0.1, 0.15) is 6.42 Å². The van der Waals surface area contributed by atoms with Gasteiger partial charge in [-0.3, -0.25) is 4.79 Å². The van der Waals surface area contributed by atoms with Crippen molar-refractivity contribution in [3.63, 3.8) is 0 Å². The van der Waals surface area contributed by atoms with Gasteiger partial charge in [-0.05, 0) is 7.05 Å². The van der Waals surface area contributed by atoms with E-state index in [9.17, 15) is 9.59 Å². The minimum absolute atomic E-state index is 0.112. The number of carbonyl (C=O) groups is 2. The molecule has 7 heteroatoms. The van der Waals surface area contributed by atoms with Crippen LogP contribution in [0.15, 0.2) is 0 Å². The van der Waals surface area contributed by atoms with Gasteiger partial charge in [0.05, 0.1) is 12.5 Å². The number of carbonyl (C=O) groups excluding carboxylic acids is 1. The molecule has 1 aliphatic heterocycles. The van der Waals surface area contributed by atoms with Crippen LogP contribution in [0.25, 0.3) is 0 Å². The second-order valence-corrected chi connectivity index (χ2v) is 4.43. The first-order chi connectivity index (χ1) is 8.52. The van der Waals surface area contributed by atoms with Crippen LogP contribution in [0.4, 0.5) is 4.79 Å². The van der Waals surface area contributed by atoms with Crippen LogP contribution in [-0.4, -0.2) is 79.9 Å². The van der Waals surface area contributed by atoms with E-state index in [2.05, 4.69) is 10.2 Å². The van der Waals surface area contributed by atoms with E-state index in [1.54, 1.807) is 4.90 Å². The molecule has 1 fully saturated rings. The highest BCUT2D eigenvalue weighted by molar-refractivity contribution is 5.74. The van der Waals surface area contributed by atoms with E-state index in [1.807, 2.05) is 7.05 Å². The average molecular weight is 259 g/mol. The van der Waals surface area contributed by atoms with Crippen molar-refractivity contribution in [2.45, 2.75) is 12.5 Å². The highest BCUT2D eigenvalue weighted by Crippen LogP contribution is 2.00. The van der Waals surface area contributed by atoms with Crippen molar-refractivity contribution in [3.05, 3.63) is 0 Å². The second kappa shape index (κ2) is 7.17. The SMILES string of the molecule is COC(CNC(=O)N1CCN(C)CC1)CC(=O)O. The molecule has 1 unspecified atom stereocenters. The number of amides is 2. The van der Waals surface area contributed by atoms with Gasteiger partial charge in [0.2, 0.25) is 0 Å². The number of methoxy groups -OCH3 is 1. The smallest absolute Gasteiger partial charge is 0.317 e. The first-order valence-electron chi connectivity index (χ1n) is 5.99.